The largest absolute Gasteiger partial charge is 0.481 e. The Morgan fingerprint density at radius 1 is 1.67 bits per heavy atom. The fourth-order valence-corrected chi connectivity index (χ4v) is 3.24. The van der Waals surface area contributed by atoms with E-state index in [2.05, 4.69) is 22.2 Å². The van der Waals surface area contributed by atoms with Crippen LogP contribution in [0.5, 0.6) is 0 Å². The minimum atomic E-state index is -0.686. The summed E-state index contributed by atoms with van der Waals surface area (Å²) in [4.78, 5) is 18.1. The molecule has 0 saturated carbocycles. The third-order valence-corrected chi connectivity index (χ3v) is 4.65. The average Bonchev–Trinajstić information content (AvgIpc) is 2.75. The lowest BCUT2D eigenvalue weighted by atomic mass is 9.81. The van der Waals surface area contributed by atoms with Crippen LogP contribution in [-0.4, -0.2) is 34.0 Å². The minimum absolute atomic E-state index is 0.203. The highest BCUT2D eigenvalue weighted by atomic mass is 32.1. The van der Waals surface area contributed by atoms with E-state index in [1.54, 1.807) is 11.3 Å². The molecule has 100 valence electrons. The first-order valence-electron chi connectivity index (χ1n) is 6.32. The van der Waals surface area contributed by atoms with E-state index in [-0.39, 0.29) is 6.04 Å². The second kappa shape index (κ2) is 4.97. The molecule has 2 unspecified atom stereocenters. The van der Waals surface area contributed by atoms with E-state index in [0.717, 1.165) is 30.1 Å². The second-order valence-corrected chi connectivity index (χ2v) is 6.47. The fourth-order valence-electron chi connectivity index (χ4n) is 2.54. The lowest BCUT2D eigenvalue weighted by Gasteiger charge is -2.40. The van der Waals surface area contributed by atoms with Crippen LogP contribution in [0.1, 0.15) is 43.4 Å². The SMILES string of the molecule is Cc1nc(C(C)N2CCCC(C)(C(=O)O)C2)cs1. The third kappa shape index (κ3) is 2.57. The predicted octanol–water partition coefficient (Wildman–Crippen LogP) is 2.70. The first-order valence-corrected chi connectivity index (χ1v) is 7.20. The van der Waals surface area contributed by atoms with Crippen LogP contribution in [0.2, 0.25) is 0 Å². The lowest BCUT2D eigenvalue weighted by molar-refractivity contribution is -0.151. The maximum Gasteiger partial charge on any atom is 0.310 e. The summed E-state index contributed by atoms with van der Waals surface area (Å²) in [5.41, 5.74) is 0.449. The number of aryl methyl sites for hydroxylation is 1. The van der Waals surface area contributed by atoms with Gasteiger partial charge in [0.2, 0.25) is 0 Å². The summed E-state index contributed by atoms with van der Waals surface area (Å²) >= 11 is 1.65. The predicted molar refractivity (Wildman–Crippen MR) is 71.8 cm³/mol. The van der Waals surface area contributed by atoms with Crippen molar-refractivity contribution in [3.8, 4) is 0 Å². The highest BCUT2D eigenvalue weighted by Crippen LogP contribution is 2.34. The van der Waals surface area contributed by atoms with Crippen molar-refractivity contribution < 1.29 is 9.90 Å². The molecule has 1 saturated heterocycles. The number of rotatable bonds is 3. The van der Waals surface area contributed by atoms with Gasteiger partial charge in [0.15, 0.2) is 0 Å². The number of likely N-dealkylation sites (tertiary alicyclic amines) is 1. The highest BCUT2D eigenvalue weighted by Gasteiger charge is 2.39. The van der Waals surface area contributed by atoms with Gasteiger partial charge in [-0.25, -0.2) is 4.98 Å². The summed E-state index contributed by atoms with van der Waals surface area (Å²) in [7, 11) is 0. The molecule has 5 heteroatoms. The topological polar surface area (TPSA) is 53.4 Å². The summed E-state index contributed by atoms with van der Waals surface area (Å²) in [5.74, 6) is -0.686. The Bertz CT molecular complexity index is 446. The van der Waals surface area contributed by atoms with E-state index in [1.165, 1.54) is 0 Å². The van der Waals surface area contributed by atoms with Gasteiger partial charge < -0.3 is 5.11 Å². The maximum absolute atomic E-state index is 11.3. The van der Waals surface area contributed by atoms with E-state index in [1.807, 2.05) is 13.8 Å². The summed E-state index contributed by atoms with van der Waals surface area (Å²) in [6.07, 6.45) is 1.71. The molecular formula is C13H20N2O2S. The van der Waals surface area contributed by atoms with Gasteiger partial charge in [0, 0.05) is 11.9 Å². The summed E-state index contributed by atoms with van der Waals surface area (Å²) in [6.45, 7) is 7.53. The van der Waals surface area contributed by atoms with Crippen molar-refractivity contribution in [2.75, 3.05) is 13.1 Å². The fraction of sp³-hybridized carbons (Fsp3) is 0.692. The first-order chi connectivity index (χ1) is 8.42. The van der Waals surface area contributed by atoms with E-state index in [0.29, 0.717) is 6.54 Å². The molecule has 1 aliphatic rings. The van der Waals surface area contributed by atoms with Gasteiger partial charge in [-0.1, -0.05) is 0 Å². The van der Waals surface area contributed by atoms with Crippen molar-refractivity contribution in [1.82, 2.24) is 9.88 Å². The minimum Gasteiger partial charge on any atom is -0.481 e. The van der Waals surface area contributed by atoms with Crippen LogP contribution < -0.4 is 0 Å². The standard InChI is InChI=1S/C13H20N2O2S/c1-9(11-7-18-10(2)14-11)15-6-4-5-13(3,8-15)12(16)17/h7,9H,4-6,8H2,1-3H3,(H,16,17). The molecule has 0 radical (unpaired) electrons. The number of hydrogen-bond acceptors (Lipinski definition) is 4. The van der Waals surface area contributed by atoms with E-state index in [9.17, 15) is 9.90 Å². The molecular weight excluding hydrogens is 248 g/mol. The van der Waals surface area contributed by atoms with Crippen molar-refractivity contribution in [2.24, 2.45) is 5.41 Å². The molecule has 1 aromatic rings. The highest BCUT2D eigenvalue weighted by molar-refractivity contribution is 7.09. The van der Waals surface area contributed by atoms with Gasteiger partial charge >= 0.3 is 5.97 Å². The Morgan fingerprint density at radius 3 is 2.94 bits per heavy atom. The quantitative estimate of drug-likeness (QED) is 0.915. The molecule has 0 aliphatic carbocycles. The number of nitrogens with zero attached hydrogens (tertiary/aromatic N) is 2. The van der Waals surface area contributed by atoms with Crippen molar-refractivity contribution in [1.29, 1.82) is 0 Å². The smallest absolute Gasteiger partial charge is 0.310 e. The molecule has 1 aromatic heterocycles. The van der Waals surface area contributed by atoms with Crippen LogP contribution in [-0.2, 0) is 4.79 Å². The zero-order valence-electron chi connectivity index (χ0n) is 11.1. The first kappa shape index (κ1) is 13.5. The Morgan fingerprint density at radius 2 is 2.39 bits per heavy atom. The van der Waals surface area contributed by atoms with Crippen LogP contribution in [0.25, 0.3) is 0 Å². The molecule has 0 spiro atoms. The van der Waals surface area contributed by atoms with Crippen LogP contribution in [0.3, 0.4) is 0 Å². The van der Waals surface area contributed by atoms with Gasteiger partial charge in [-0.05, 0) is 40.2 Å². The normalized spacial score (nSPS) is 27.1. The Labute approximate surface area is 112 Å². The van der Waals surface area contributed by atoms with Gasteiger partial charge in [-0.15, -0.1) is 11.3 Å². The van der Waals surface area contributed by atoms with Crippen LogP contribution in [0.15, 0.2) is 5.38 Å². The van der Waals surface area contributed by atoms with Gasteiger partial charge in [0.05, 0.1) is 22.2 Å². The number of carboxylic acids is 1. The van der Waals surface area contributed by atoms with Crippen molar-refractivity contribution in [3.63, 3.8) is 0 Å². The zero-order valence-corrected chi connectivity index (χ0v) is 12.0. The number of thiazole rings is 1. The molecule has 1 N–H and O–H groups in total. The lowest BCUT2D eigenvalue weighted by Crippen LogP contribution is -2.46. The summed E-state index contributed by atoms with van der Waals surface area (Å²) < 4.78 is 0. The van der Waals surface area contributed by atoms with Crippen molar-refractivity contribution in [3.05, 3.63) is 16.1 Å². The molecule has 4 nitrogen and oxygen atoms in total. The van der Waals surface area contributed by atoms with Crippen molar-refractivity contribution >= 4 is 17.3 Å². The summed E-state index contributed by atoms with van der Waals surface area (Å²) in [5, 5.41) is 12.5. The van der Waals surface area contributed by atoms with Crippen molar-refractivity contribution in [2.45, 2.75) is 39.7 Å². The van der Waals surface area contributed by atoms with E-state index in [4.69, 9.17) is 0 Å². The molecule has 2 atom stereocenters. The van der Waals surface area contributed by atoms with Gasteiger partial charge in [-0.2, -0.15) is 0 Å². The molecule has 0 amide bonds. The van der Waals surface area contributed by atoms with Gasteiger partial charge in [0.25, 0.3) is 0 Å². The molecule has 1 fully saturated rings. The number of piperidine rings is 1. The number of aromatic nitrogens is 1. The molecule has 1 aliphatic heterocycles. The number of aliphatic carboxylic acids is 1. The molecule has 18 heavy (non-hydrogen) atoms. The average molecular weight is 268 g/mol. The molecule has 2 heterocycles. The number of carbonyl (C=O) groups is 1. The monoisotopic (exact) mass is 268 g/mol. The van der Waals surface area contributed by atoms with Crippen LogP contribution in [0, 0.1) is 12.3 Å². The van der Waals surface area contributed by atoms with Crippen LogP contribution in [0.4, 0.5) is 0 Å². The summed E-state index contributed by atoms with van der Waals surface area (Å²) in [6, 6.07) is 0.203. The second-order valence-electron chi connectivity index (χ2n) is 5.41. The Hall–Kier alpha value is -0.940. The number of carboxylic acid groups (broad SMARTS) is 1. The Balaban J connectivity index is 2.11. The number of hydrogen-bond donors (Lipinski definition) is 1. The maximum atomic E-state index is 11.3. The third-order valence-electron chi connectivity index (χ3n) is 3.85. The molecule has 0 aromatic carbocycles. The van der Waals surface area contributed by atoms with Gasteiger partial charge in [-0.3, -0.25) is 9.69 Å². The van der Waals surface area contributed by atoms with E-state index >= 15 is 0 Å². The van der Waals surface area contributed by atoms with E-state index < -0.39 is 11.4 Å². The van der Waals surface area contributed by atoms with Gasteiger partial charge in [0.1, 0.15) is 0 Å². The Kier molecular flexibility index (Phi) is 3.73. The zero-order chi connectivity index (χ0) is 13.3. The van der Waals surface area contributed by atoms with Crippen LogP contribution >= 0.6 is 11.3 Å². The molecule has 2 rings (SSSR count). The molecule has 0 bridgehead atoms.